The number of hydrogen-bond acceptors (Lipinski definition) is 4. The van der Waals surface area contributed by atoms with Crippen molar-refractivity contribution >= 4 is 5.96 Å². The van der Waals surface area contributed by atoms with Crippen molar-refractivity contribution in [2.24, 2.45) is 10.9 Å². The Morgan fingerprint density at radius 3 is 2.58 bits per heavy atom. The van der Waals surface area contributed by atoms with Gasteiger partial charge in [-0.05, 0) is 26.2 Å². The van der Waals surface area contributed by atoms with Crippen LogP contribution in [-0.2, 0) is 9.47 Å². The van der Waals surface area contributed by atoms with Crippen molar-refractivity contribution in [1.82, 2.24) is 15.5 Å². The molecule has 6 heteroatoms. The molecule has 2 heterocycles. The number of nitrogens with zero attached hydrogens (tertiary/aromatic N) is 2. The van der Waals surface area contributed by atoms with Gasteiger partial charge in [0, 0.05) is 44.2 Å². The monoisotopic (exact) mass is 338 g/mol. The van der Waals surface area contributed by atoms with E-state index in [0.29, 0.717) is 18.0 Å². The third-order valence-electron chi connectivity index (χ3n) is 5.50. The number of rotatable bonds is 6. The normalized spacial score (nSPS) is 28.2. The third kappa shape index (κ3) is 5.07. The van der Waals surface area contributed by atoms with Crippen LogP contribution < -0.4 is 10.6 Å². The second-order valence-electron chi connectivity index (χ2n) is 7.18. The zero-order chi connectivity index (χ0) is 16.6. The predicted octanol–water partition coefficient (Wildman–Crippen LogP) is 1.22. The lowest BCUT2D eigenvalue weighted by atomic mass is 9.97. The summed E-state index contributed by atoms with van der Waals surface area (Å²) >= 11 is 0. The maximum Gasteiger partial charge on any atom is 0.191 e. The lowest BCUT2D eigenvalue weighted by Crippen LogP contribution is -2.49. The highest BCUT2D eigenvalue weighted by Gasteiger charge is 2.31. The number of hydrogen-bond donors (Lipinski definition) is 2. The maximum atomic E-state index is 5.65. The number of aliphatic imine (C=N–C) groups is 1. The Morgan fingerprint density at radius 2 is 1.92 bits per heavy atom. The summed E-state index contributed by atoms with van der Waals surface area (Å²) in [5.41, 5.74) is 0. The van der Waals surface area contributed by atoms with Gasteiger partial charge in [-0.1, -0.05) is 12.8 Å². The van der Waals surface area contributed by atoms with Gasteiger partial charge in [-0.15, -0.1) is 0 Å². The molecule has 0 bridgehead atoms. The zero-order valence-electron chi connectivity index (χ0n) is 15.1. The molecule has 24 heavy (non-hydrogen) atoms. The second kappa shape index (κ2) is 9.59. The average Bonchev–Trinajstić information content (AvgIpc) is 3.30. The standard InChI is InChI=1S/C18H34N4O2/c1-2-19-18(21-16-5-3-4-6-16)20-13-17(15-7-10-24-14-15)22-8-11-23-12-9-22/h15-17H,2-14H2,1H3,(H2,19,20,21). The fourth-order valence-electron chi connectivity index (χ4n) is 4.10. The SMILES string of the molecule is CCNC(=NCC(C1CCOC1)N1CCOCC1)NC1CCCC1. The van der Waals surface area contributed by atoms with E-state index in [0.717, 1.165) is 65.0 Å². The van der Waals surface area contributed by atoms with Crippen LogP contribution in [0.25, 0.3) is 0 Å². The number of morpholine rings is 1. The summed E-state index contributed by atoms with van der Waals surface area (Å²) in [6.45, 7) is 9.38. The van der Waals surface area contributed by atoms with E-state index in [1.165, 1.54) is 25.7 Å². The average molecular weight is 338 g/mol. The molecule has 3 rings (SSSR count). The highest BCUT2D eigenvalue weighted by atomic mass is 16.5. The van der Waals surface area contributed by atoms with Crippen LogP contribution >= 0.6 is 0 Å². The van der Waals surface area contributed by atoms with Gasteiger partial charge in [0.1, 0.15) is 0 Å². The Morgan fingerprint density at radius 1 is 1.12 bits per heavy atom. The third-order valence-corrected chi connectivity index (χ3v) is 5.50. The van der Waals surface area contributed by atoms with E-state index >= 15 is 0 Å². The fourth-order valence-corrected chi connectivity index (χ4v) is 4.10. The quantitative estimate of drug-likeness (QED) is 0.563. The fraction of sp³-hybridized carbons (Fsp3) is 0.944. The molecule has 2 unspecified atom stereocenters. The highest BCUT2D eigenvalue weighted by Crippen LogP contribution is 2.23. The van der Waals surface area contributed by atoms with E-state index in [2.05, 4.69) is 22.5 Å². The van der Waals surface area contributed by atoms with Gasteiger partial charge in [-0.3, -0.25) is 9.89 Å². The van der Waals surface area contributed by atoms with Crippen molar-refractivity contribution in [1.29, 1.82) is 0 Å². The van der Waals surface area contributed by atoms with Crippen LogP contribution in [0.2, 0.25) is 0 Å². The summed E-state index contributed by atoms with van der Waals surface area (Å²) in [7, 11) is 0. The largest absolute Gasteiger partial charge is 0.381 e. The van der Waals surface area contributed by atoms with Gasteiger partial charge >= 0.3 is 0 Å². The van der Waals surface area contributed by atoms with Crippen molar-refractivity contribution < 1.29 is 9.47 Å². The molecule has 2 saturated heterocycles. The van der Waals surface area contributed by atoms with Crippen molar-refractivity contribution in [3.8, 4) is 0 Å². The minimum Gasteiger partial charge on any atom is -0.381 e. The van der Waals surface area contributed by atoms with Gasteiger partial charge < -0.3 is 20.1 Å². The highest BCUT2D eigenvalue weighted by molar-refractivity contribution is 5.80. The maximum absolute atomic E-state index is 5.65. The van der Waals surface area contributed by atoms with E-state index in [4.69, 9.17) is 14.5 Å². The molecule has 0 aromatic carbocycles. The number of nitrogens with one attached hydrogen (secondary N) is 2. The van der Waals surface area contributed by atoms with Crippen molar-refractivity contribution in [2.45, 2.75) is 51.1 Å². The summed E-state index contributed by atoms with van der Waals surface area (Å²) in [5.74, 6) is 1.59. The molecule has 1 saturated carbocycles. The molecule has 0 aromatic rings. The molecule has 3 fully saturated rings. The Balaban J connectivity index is 1.61. The van der Waals surface area contributed by atoms with Crippen LogP contribution in [0.15, 0.2) is 4.99 Å². The molecule has 2 atom stereocenters. The Hall–Kier alpha value is -0.850. The van der Waals surface area contributed by atoms with E-state index in [1.54, 1.807) is 0 Å². The zero-order valence-corrected chi connectivity index (χ0v) is 15.1. The second-order valence-corrected chi connectivity index (χ2v) is 7.18. The Bertz CT molecular complexity index is 386. The van der Waals surface area contributed by atoms with Crippen LogP contribution in [0, 0.1) is 5.92 Å². The molecular formula is C18H34N4O2. The summed E-state index contributed by atoms with van der Waals surface area (Å²) in [4.78, 5) is 7.51. The molecule has 1 aliphatic carbocycles. The predicted molar refractivity (Wildman–Crippen MR) is 96.5 cm³/mol. The van der Waals surface area contributed by atoms with Crippen LogP contribution in [0.5, 0.6) is 0 Å². The lowest BCUT2D eigenvalue weighted by Gasteiger charge is -2.36. The Labute approximate surface area is 146 Å². The van der Waals surface area contributed by atoms with Gasteiger partial charge in [-0.2, -0.15) is 0 Å². The number of ether oxygens (including phenoxy) is 2. The van der Waals surface area contributed by atoms with Gasteiger partial charge in [0.2, 0.25) is 0 Å². The first-order chi connectivity index (χ1) is 11.9. The minimum absolute atomic E-state index is 0.468. The van der Waals surface area contributed by atoms with E-state index < -0.39 is 0 Å². The van der Waals surface area contributed by atoms with Crippen LogP contribution in [-0.4, -0.2) is 75.5 Å². The van der Waals surface area contributed by atoms with Gasteiger partial charge in [-0.25, -0.2) is 0 Å². The summed E-state index contributed by atoms with van der Waals surface area (Å²) in [5, 5.41) is 7.05. The summed E-state index contributed by atoms with van der Waals surface area (Å²) in [6, 6.07) is 1.06. The smallest absolute Gasteiger partial charge is 0.191 e. The van der Waals surface area contributed by atoms with Crippen molar-refractivity contribution in [2.75, 3.05) is 52.6 Å². The van der Waals surface area contributed by atoms with Crippen LogP contribution in [0.1, 0.15) is 39.0 Å². The number of guanidine groups is 1. The molecule has 3 aliphatic rings. The van der Waals surface area contributed by atoms with E-state index in [-0.39, 0.29) is 0 Å². The van der Waals surface area contributed by atoms with Gasteiger partial charge in [0.05, 0.1) is 26.4 Å². The minimum atomic E-state index is 0.468. The Kier molecular flexibility index (Phi) is 7.17. The van der Waals surface area contributed by atoms with E-state index in [1.807, 2.05) is 0 Å². The van der Waals surface area contributed by atoms with Crippen LogP contribution in [0.4, 0.5) is 0 Å². The van der Waals surface area contributed by atoms with Gasteiger partial charge in [0.25, 0.3) is 0 Å². The van der Waals surface area contributed by atoms with Crippen LogP contribution in [0.3, 0.4) is 0 Å². The summed E-state index contributed by atoms with van der Waals surface area (Å²) in [6.07, 6.45) is 6.38. The van der Waals surface area contributed by atoms with Crippen molar-refractivity contribution in [3.05, 3.63) is 0 Å². The topological polar surface area (TPSA) is 58.1 Å². The van der Waals surface area contributed by atoms with E-state index in [9.17, 15) is 0 Å². The molecule has 2 aliphatic heterocycles. The first-order valence-electron chi connectivity index (χ1n) is 9.81. The molecule has 2 N–H and O–H groups in total. The molecule has 6 nitrogen and oxygen atoms in total. The first-order valence-corrected chi connectivity index (χ1v) is 9.81. The molecule has 0 amide bonds. The summed E-state index contributed by atoms with van der Waals surface area (Å²) < 4.78 is 11.2. The van der Waals surface area contributed by atoms with Gasteiger partial charge in [0.15, 0.2) is 5.96 Å². The van der Waals surface area contributed by atoms with Crippen molar-refractivity contribution in [3.63, 3.8) is 0 Å². The molecule has 0 aromatic heterocycles. The molecule has 0 radical (unpaired) electrons. The lowest BCUT2D eigenvalue weighted by molar-refractivity contribution is 0.00368. The molecule has 0 spiro atoms. The molecular weight excluding hydrogens is 304 g/mol. The first kappa shape index (κ1) is 18.0. The molecule has 138 valence electrons.